The number of methoxy groups -OCH3 is 2. The first-order chi connectivity index (χ1) is 33.3. The summed E-state index contributed by atoms with van der Waals surface area (Å²) < 4.78 is 21.8. The van der Waals surface area contributed by atoms with E-state index in [-0.39, 0.29) is 47.3 Å². The van der Waals surface area contributed by atoms with Gasteiger partial charge in [0, 0.05) is 31.7 Å². The molecule has 2 aliphatic heterocycles. The normalized spacial score (nSPS) is 20.6. The number of likely N-dealkylation sites (tertiary alicyclic amines) is 2. The molecule has 0 bridgehead atoms. The maximum Gasteiger partial charge on any atom is 0.407 e. The number of ether oxygens (including phenoxy) is 4. The highest BCUT2D eigenvalue weighted by molar-refractivity contribution is 5.91. The molecule has 0 radical (unpaired) electrons. The standard InChI is InChI=1S/C53H66N8O8/c1-31(2)45(58-51(64)66-5)49(62)60-28-40(69-21-20-68-29-33-8-7-9-33)24-43(60)47-54-26-41(56-47)35-12-10-34(11-13-35)36-14-15-38-23-39(17-16-37(38)22-36)42-27-55-48(57-42)44-25-53(18-19-53)30-61(44)50(63)46(32(3)4)59-52(65)67-6/h10-17,22-23,26-27,31-33,40,43-46H,7-9,18-21,24-25,28-30H2,1-6H3,(H,54,56)(H,55,57)(H,58,64)(H,59,65)/t40-,43-,44-,45-,46-/m0/s1. The van der Waals surface area contributed by atoms with Gasteiger partial charge in [-0.1, -0.05) is 82.6 Å². The number of amides is 4. The average Bonchev–Trinajstić information content (AvgIpc) is 3.83. The van der Waals surface area contributed by atoms with Crippen LogP contribution in [0, 0.1) is 23.2 Å². The number of alkyl carbamates (subject to hydrolysis) is 2. The summed E-state index contributed by atoms with van der Waals surface area (Å²) in [5.41, 5.74) is 5.91. The quantitative estimate of drug-likeness (QED) is 0.0657. The number of aromatic amines is 2. The fraction of sp³-hybridized carbons (Fsp3) is 0.509. The zero-order chi connectivity index (χ0) is 48.4. The molecule has 4 amide bonds. The SMILES string of the molecule is COC(=O)N[C@H](C(=O)N1C[C@@H](OCCOCC2CCC2)C[C@H]1c1ncc(-c2ccc(-c3ccc4cc(-c5cnc([C@@H]6CC7(CC7)CN6C(=O)[C@@H](NC(=O)OC)C(C)C)[nH]5)ccc4c3)cc2)[nH]1)C(C)C. The highest BCUT2D eigenvalue weighted by Crippen LogP contribution is 2.58. The summed E-state index contributed by atoms with van der Waals surface area (Å²) >= 11 is 0. The van der Waals surface area contributed by atoms with E-state index >= 15 is 0 Å². The summed E-state index contributed by atoms with van der Waals surface area (Å²) in [4.78, 5) is 72.9. The van der Waals surface area contributed by atoms with E-state index in [0.29, 0.717) is 44.5 Å². The van der Waals surface area contributed by atoms with E-state index in [1.165, 1.54) is 33.5 Å². The number of H-pyrrole nitrogens is 2. The van der Waals surface area contributed by atoms with E-state index in [4.69, 9.17) is 28.9 Å². The molecule has 4 aliphatic rings. The lowest BCUT2D eigenvalue weighted by Crippen LogP contribution is -2.51. The number of carbonyl (C=O) groups excluding carboxylic acids is 4. The number of nitrogens with zero attached hydrogens (tertiary/aromatic N) is 4. The predicted octanol–water partition coefficient (Wildman–Crippen LogP) is 8.58. The van der Waals surface area contributed by atoms with Crippen LogP contribution in [0.5, 0.6) is 0 Å². The molecule has 4 heterocycles. The van der Waals surface area contributed by atoms with Crippen LogP contribution in [0.1, 0.15) is 96.4 Å². The second kappa shape index (κ2) is 20.4. The molecule has 16 nitrogen and oxygen atoms in total. The first-order valence-electron chi connectivity index (χ1n) is 24.6. The Kier molecular flexibility index (Phi) is 14.1. The Morgan fingerprint density at radius 2 is 1.26 bits per heavy atom. The minimum absolute atomic E-state index is 0.111. The van der Waals surface area contributed by atoms with Gasteiger partial charge in [0.05, 0.1) is 69.4 Å². The fourth-order valence-electron chi connectivity index (χ4n) is 10.2. The summed E-state index contributed by atoms with van der Waals surface area (Å²) in [7, 11) is 2.60. The summed E-state index contributed by atoms with van der Waals surface area (Å²) in [5, 5.41) is 7.68. The topological polar surface area (TPSA) is 193 Å². The summed E-state index contributed by atoms with van der Waals surface area (Å²) in [5.74, 6) is 1.45. The maximum atomic E-state index is 14.1. The molecule has 2 aliphatic carbocycles. The van der Waals surface area contributed by atoms with Gasteiger partial charge in [-0.25, -0.2) is 19.6 Å². The van der Waals surface area contributed by atoms with Crippen molar-refractivity contribution in [3.8, 4) is 33.6 Å². The number of fused-ring (bicyclic) bond motifs is 1. The van der Waals surface area contributed by atoms with Crippen molar-refractivity contribution in [1.82, 2.24) is 40.4 Å². The summed E-state index contributed by atoms with van der Waals surface area (Å²) in [6.07, 6.45) is 9.45. The third-order valence-corrected chi connectivity index (χ3v) is 14.7. The third kappa shape index (κ3) is 10.5. The Balaban J connectivity index is 0.872. The minimum atomic E-state index is -0.778. The highest BCUT2D eigenvalue weighted by atomic mass is 16.5. The van der Waals surface area contributed by atoms with Gasteiger partial charge in [0.2, 0.25) is 11.8 Å². The van der Waals surface area contributed by atoms with E-state index in [0.717, 1.165) is 76.1 Å². The second-order valence-corrected chi connectivity index (χ2v) is 20.2. The van der Waals surface area contributed by atoms with Gasteiger partial charge in [-0.15, -0.1) is 0 Å². The lowest BCUT2D eigenvalue weighted by atomic mass is 9.86. The number of carbonyl (C=O) groups is 4. The van der Waals surface area contributed by atoms with Crippen LogP contribution in [-0.4, -0.2) is 119 Å². The van der Waals surface area contributed by atoms with Crippen molar-refractivity contribution >= 4 is 34.8 Å². The van der Waals surface area contributed by atoms with Crippen molar-refractivity contribution in [1.29, 1.82) is 0 Å². The van der Waals surface area contributed by atoms with Crippen molar-refractivity contribution in [2.75, 3.05) is 47.1 Å². The van der Waals surface area contributed by atoms with Crippen LogP contribution in [0.15, 0.2) is 73.1 Å². The third-order valence-electron chi connectivity index (χ3n) is 14.7. The Morgan fingerprint density at radius 1 is 0.710 bits per heavy atom. The number of benzene rings is 3. The first-order valence-corrected chi connectivity index (χ1v) is 24.6. The van der Waals surface area contributed by atoms with Gasteiger partial charge < -0.3 is 49.3 Å². The van der Waals surface area contributed by atoms with Crippen LogP contribution in [0.3, 0.4) is 0 Å². The van der Waals surface area contributed by atoms with Crippen LogP contribution in [0.4, 0.5) is 9.59 Å². The number of hydrogen-bond donors (Lipinski definition) is 4. The number of rotatable bonds is 17. The number of aromatic nitrogens is 4. The number of imidazole rings is 2. The molecule has 2 saturated carbocycles. The predicted molar refractivity (Wildman–Crippen MR) is 261 cm³/mol. The molecule has 366 valence electrons. The first kappa shape index (κ1) is 47.8. The van der Waals surface area contributed by atoms with Crippen molar-refractivity contribution in [3.05, 3.63) is 84.7 Å². The Bertz CT molecular complexity index is 2630. The van der Waals surface area contributed by atoms with E-state index < -0.39 is 24.3 Å². The van der Waals surface area contributed by atoms with Crippen LogP contribution in [0.2, 0.25) is 0 Å². The Hall–Kier alpha value is -6.26. The monoisotopic (exact) mass is 943 g/mol. The van der Waals surface area contributed by atoms with Gasteiger partial charge in [-0.2, -0.15) is 0 Å². The molecule has 4 N–H and O–H groups in total. The van der Waals surface area contributed by atoms with Crippen molar-refractivity contribution in [3.63, 3.8) is 0 Å². The largest absolute Gasteiger partial charge is 0.453 e. The smallest absolute Gasteiger partial charge is 0.407 e. The molecular formula is C53H66N8O8. The second-order valence-electron chi connectivity index (χ2n) is 20.2. The molecule has 2 aromatic heterocycles. The van der Waals surface area contributed by atoms with Crippen molar-refractivity contribution in [2.24, 2.45) is 23.2 Å². The lowest BCUT2D eigenvalue weighted by Gasteiger charge is -2.30. The van der Waals surface area contributed by atoms with Gasteiger partial charge in [0.15, 0.2) is 0 Å². The molecule has 0 unspecified atom stereocenters. The maximum absolute atomic E-state index is 14.1. The van der Waals surface area contributed by atoms with Gasteiger partial charge in [-0.05, 0) is 94.9 Å². The van der Waals surface area contributed by atoms with Crippen molar-refractivity contribution in [2.45, 2.75) is 103 Å². The van der Waals surface area contributed by atoms with Crippen LogP contribution >= 0.6 is 0 Å². The van der Waals surface area contributed by atoms with Crippen LogP contribution in [0.25, 0.3) is 44.4 Å². The molecule has 69 heavy (non-hydrogen) atoms. The van der Waals surface area contributed by atoms with Crippen molar-refractivity contribution < 1.29 is 38.1 Å². The van der Waals surface area contributed by atoms with Gasteiger partial charge in [-0.3, -0.25) is 9.59 Å². The van der Waals surface area contributed by atoms with E-state index in [2.05, 4.69) is 81.3 Å². The molecule has 16 heteroatoms. The molecule has 9 rings (SSSR count). The van der Waals surface area contributed by atoms with Crippen LogP contribution in [-0.2, 0) is 28.5 Å². The number of hydrogen-bond acceptors (Lipinski definition) is 10. The van der Waals surface area contributed by atoms with Gasteiger partial charge in [0.25, 0.3) is 0 Å². The van der Waals surface area contributed by atoms with E-state index in [9.17, 15) is 19.2 Å². The minimum Gasteiger partial charge on any atom is -0.453 e. The summed E-state index contributed by atoms with van der Waals surface area (Å²) in [6, 6.07) is 19.1. The molecule has 2 saturated heterocycles. The van der Waals surface area contributed by atoms with E-state index in [1.54, 1.807) is 11.1 Å². The molecule has 4 fully saturated rings. The fourth-order valence-corrected chi connectivity index (χ4v) is 10.2. The molecular weight excluding hydrogens is 877 g/mol. The summed E-state index contributed by atoms with van der Waals surface area (Å²) in [6.45, 7) is 10.4. The Labute approximate surface area is 403 Å². The van der Waals surface area contributed by atoms with Gasteiger partial charge in [0.1, 0.15) is 23.7 Å². The Morgan fingerprint density at radius 3 is 1.84 bits per heavy atom. The average molecular weight is 943 g/mol. The highest BCUT2D eigenvalue weighted by Gasteiger charge is 2.55. The van der Waals surface area contributed by atoms with E-state index in [1.807, 2.05) is 38.8 Å². The lowest BCUT2D eigenvalue weighted by molar-refractivity contribution is -0.136. The van der Waals surface area contributed by atoms with Gasteiger partial charge >= 0.3 is 12.2 Å². The molecule has 5 atom stereocenters. The van der Waals surface area contributed by atoms with Crippen LogP contribution < -0.4 is 10.6 Å². The molecule has 3 aromatic carbocycles. The molecule has 5 aromatic rings. The zero-order valence-electron chi connectivity index (χ0n) is 40.6. The molecule has 1 spiro atoms. The number of nitrogens with one attached hydrogen (secondary N) is 4. The zero-order valence-corrected chi connectivity index (χ0v) is 40.6.